The van der Waals surface area contributed by atoms with E-state index in [0.29, 0.717) is 6.07 Å². The molecule has 1 unspecified atom stereocenters. The number of rotatable bonds is 3. The largest absolute Gasteiger partial charge is 0.271 e. The summed E-state index contributed by atoms with van der Waals surface area (Å²) in [7, 11) is 0. The Balaban J connectivity index is 2.50. The number of nitrogens with two attached hydrogens (primary N) is 1. The highest BCUT2D eigenvalue weighted by Crippen LogP contribution is 2.27. The fraction of sp³-hybridized carbons (Fsp3) is 0.0769. The number of hydrogen-bond acceptors (Lipinski definition) is 2. The van der Waals surface area contributed by atoms with Gasteiger partial charge in [-0.2, -0.15) is 0 Å². The molecule has 0 aliphatic rings. The highest BCUT2D eigenvalue weighted by atomic mass is 35.5. The van der Waals surface area contributed by atoms with E-state index < -0.39 is 23.5 Å². The molecule has 0 saturated carbocycles. The molecule has 0 radical (unpaired) electrons. The van der Waals surface area contributed by atoms with E-state index in [2.05, 4.69) is 5.43 Å². The Kier molecular flexibility index (Phi) is 4.09. The zero-order chi connectivity index (χ0) is 14.0. The average molecular weight is 287 g/mol. The molecule has 6 heteroatoms. The molecule has 3 N–H and O–H groups in total. The smallest absolute Gasteiger partial charge is 0.131 e. The van der Waals surface area contributed by atoms with Gasteiger partial charge in [-0.25, -0.2) is 18.6 Å². The Morgan fingerprint density at radius 3 is 2.05 bits per heavy atom. The molecular formula is C13H10ClF3N2. The zero-order valence-corrected chi connectivity index (χ0v) is 10.4. The maximum atomic E-state index is 13.8. The van der Waals surface area contributed by atoms with Gasteiger partial charge < -0.3 is 0 Å². The van der Waals surface area contributed by atoms with Gasteiger partial charge in [0.1, 0.15) is 17.5 Å². The molecule has 0 bridgehead atoms. The standard InChI is InChI=1S/C13H10ClF3N2/c14-7-1-3-9(11(16)5-7)13(19-18)10-4-2-8(15)6-12(10)17/h1-6,13,19H,18H2. The SMILES string of the molecule is NNC(c1ccc(F)cc1F)c1ccc(Cl)cc1F. The fourth-order valence-electron chi connectivity index (χ4n) is 1.82. The molecule has 100 valence electrons. The van der Waals surface area contributed by atoms with Gasteiger partial charge in [-0.3, -0.25) is 5.84 Å². The van der Waals surface area contributed by atoms with Crippen molar-refractivity contribution in [2.24, 2.45) is 5.84 Å². The molecule has 0 aromatic heterocycles. The Morgan fingerprint density at radius 2 is 1.53 bits per heavy atom. The van der Waals surface area contributed by atoms with E-state index in [4.69, 9.17) is 17.4 Å². The van der Waals surface area contributed by atoms with Crippen molar-refractivity contribution in [3.8, 4) is 0 Å². The summed E-state index contributed by atoms with van der Waals surface area (Å²) in [6, 6.07) is 6.03. The van der Waals surface area contributed by atoms with Gasteiger partial charge in [0, 0.05) is 22.2 Å². The minimum Gasteiger partial charge on any atom is -0.271 e. The highest BCUT2D eigenvalue weighted by Gasteiger charge is 2.20. The zero-order valence-electron chi connectivity index (χ0n) is 9.63. The molecular weight excluding hydrogens is 277 g/mol. The van der Waals surface area contributed by atoms with E-state index in [1.807, 2.05) is 0 Å². The molecule has 0 amide bonds. The van der Waals surface area contributed by atoms with Crippen molar-refractivity contribution in [3.05, 3.63) is 70.0 Å². The third-order valence-corrected chi connectivity index (χ3v) is 2.95. The molecule has 2 nitrogen and oxygen atoms in total. The number of nitrogens with one attached hydrogen (secondary N) is 1. The van der Waals surface area contributed by atoms with E-state index >= 15 is 0 Å². The van der Waals surface area contributed by atoms with Crippen LogP contribution in [0.25, 0.3) is 0 Å². The van der Waals surface area contributed by atoms with Crippen LogP contribution in [0.2, 0.25) is 5.02 Å². The second kappa shape index (κ2) is 5.61. The van der Waals surface area contributed by atoms with E-state index in [1.165, 1.54) is 18.2 Å². The van der Waals surface area contributed by atoms with Crippen LogP contribution in [0.1, 0.15) is 17.2 Å². The van der Waals surface area contributed by atoms with Gasteiger partial charge in [-0.15, -0.1) is 0 Å². The number of hydrazine groups is 1. The molecule has 0 aliphatic carbocycles. The van der Waals surface area contributed by atoms with Crippen molar-refractivity contribution in [1.29, 1.82) is 0 Å². The molecule has 1 atom stereocenters. The molecule has 19 heavy (non-hydrogen) atoms. The lowest BCUT2D eigenvalue weighted by atomic mass is 9.98. The summed E-state index contributed by atoms with van der Waals surface area (Å²) < 4.78 is 40.4. The van der Waals surface area contributed by atoms with E-state index in [-0.39, 0.29) is 16.1 Å². The van der Waals surface area contributed by atoms with Gasteiger partial charge in [-0.1, -0.05) is 23.7 Å². The first-order valence-electron chi connectivity index (χ1n) is 5.39. The van der Waals surface area contributed by atoms with Crippen LogP contribution >= 0.6 is 11.6 Å². The third-order valence-electron chi connectivity index (χ3n) is 2.71. The summed E-state index contributed by atoms with van der Waals surface area (Å²) in [4.78, 5) is 0. The summed E-state index contributed by atoms with van der Waals surface area (Å²) in [6.45, 7) is 0. The Hall–Kier alpha value is -1.56. The quantitative estimate of drug-likeness (QED) is 0.671. The van der Waals surface area contributed by atoms with Crippen molar-refractivity contribution in [3.63, 3.8) is 0 Å². The van der Waals surface area contributed by atoms with Gasteiger partial charge in [0.05, 0.1) is 6.04 Å². The molecule has 0 saturated heterocycles. The van der Waals surface area contributed by atoms with Gasteiger partial charge in [-0.05, 0) is 18.2 Å². The Morgan fingerprint density at radius 1 is 0.947 bits per heavy atom. The first kappa shape index (κ1) is 13.9. The van der Waals surface area contributed by atoms with Gasteiger partial charge >= 0.3 is 0 Å². The number of hydrogen-bond donors (Lipinski definition) is 2. The summed E-state index contributed by atoms with van der Waals surface area (Å²) in [5.41, 5.74) is 2.48. The fourth-order valence-corrected chi connectivity index (χ4v) is 1.98. The highest BCUT2D eigenvalue weighted by molar-refractivity contribution is 6.30. The topological polar surface area (TPSA) is 38.0 Å². The lowest BCUT2D eigenvalue weighted by Crippen LogP contribution is -2.30. The lowest BCUT2D eigenvalue weighted by molar-refractivity contribution is 0.522. The summed E-state index contributed by atoms with van der Waals surface area (Å²) in [5, 5.41) is 0.219. The normalized spacial score (nSPS) is 12.5. The van der Waals surface area contributed by atoms with Crippen molar-refractivity contribution in [2.75, 3.05) is 0 Å². The Labute approximate surface area is 113 Å². The summed E-state index contributed by atoms with van der Waals surface area (Å²) in [5.74, 6) is 3.19. The Bertz CT molecular complexity index is 553. The second-order valence-electron chi connectivity index (χ2n) is 3.93. The predicted molar refractivity (Wildman–Crippen MR) is 66.9 cm³/mol. The van der Waals surface area contributed by atoms with E-state index in [0.717, 1.165) is 12.1 Å². The van der Waals surface area contributed by atoms with Crippen molar-refractivity contribution >= 4 is 11.6 Å². The average Bonchev–Trinajstić information content (AvgIpc) is 2.34. The van der Waals surface area contributed by atoms with Gasteiger partial charge in [0.15, 0.2) is 0 Å². The maximum absolute atomic E-state index is 13.8. The van der Waals surface area contributed by atoms with Crippen LogP contribution in [0.5, 0.6) is 0 Å². The van der Waals surface area contributed by atoms with Crippen LogP contribution in [-0.2, 0) is 0 Å². The van der Waals surface area contributed by atoms with Gasteiger partial charge in [0.2, 0.25) is 0 Å². The first-order chi connectivity index (χ1) is 9.02. The van der Waals surface area contributed by atoms with Crippen molar-refractivity contribution < 1.29 is 13.2 Å². The van der Waals surface area contributed by atoms with Crippen LogP contribution in [0.3, 0.4) is 0 Å². The summed E-state index contributed by atoms with van der Waals surface area (Å²) in [6.07, 6.45) is 0. The lowest BCUT2D eigenvalue weighted by Gasteiger charge is -2.18. The second-order valence-corrected chi connectivity index (χ2v) is 4.37. The molecule has 2 aromatic carbocycles. The maximum Gasteiger partial charge on any atom is 0.131 e. The minimum absolute atomic E-state index is 0.0464. The van der Waals surface area contributed by atoms with Crippen LogP contribution < -0.4 is 11.3 Å². The molecule has 0 spiro atoms. The van der Waals surface area contributed by atoms with Crippen molar-refractivity contribution in [2.45, 2.75) is 6.04 Å². The predicted octanol–water partition coefficient (Wildman–Crippen LogP) is 3.31. The molecule has 2 aromatic rings. The third kappa shape index (κ3) is 2.89. The molecule has 2 rings (SSSR count). The van der Waals surface area contributed by atoms with Crippen LogP contribution in [0, 0.1) is 17.5 Å². The van der Waals surface area contributed by atoms with Crippen LogP contribution in [0.4, 0.5) is 13.2 Å². The number of halogens is 4. The summed E-state index contributed by atoms with van der Waals surface area (Å²) >= 11 is 5.65. The van der Waals surface area contributed by atoms with Gasteiger partial charge in [0.25, 0.3) is 0 Å². The minimum atomic E-state index is -0.933. The van der Waals surface area contributed by atoms with Crippen molar-refractivity contribution in [1.82, 2.24) is 5.43 Å². The monoisotopic (exact) mass is 286 g/mol. The number of benzene rings is 2. The molecule has 0 heterocycles. The van der Waals surface area contributed by atoms with Crippen LogP contribution in [-0.4, -0.2) is 0 Å². The first-order valence-corrected chi connectivity index (χ1v) is 5.76. The molecule has 0 aliphatic heterocycles. The van der Waals surface area contributed by atoms with E-state index in [9.17, 15) is 13.2 Å². The van der Waals surface area contributed by atoms with Crippen LogP contribution in [0.15, 0.2) is 36.4 Å². The molecule has 0 fully saturated rings. The van der Waals surface area contributed by atoms with E-state index in [1.54, 1.807) is 0 Å².